The lowest BCUT2D eigenvalue weighted by Crippen LogP contribution is -2.09. The number of allylic oxidation sites excluding steroid dienone is 1. The fourth-order valence-corrected chi connectivity index (χ4v) is 2.17. The van der Waals surface area contributed by atoms with Crippen LogP contribution in [0, 0.1) is 0 Å². The number of rotatable bonds is 7. The lowest BCUT2D eigenvalue weighted by atomic mass is 10.1. The summed E-state index contributed by atoms with van der Waals surface area (Å²) in [6.07, 6.45) is 0.749. The summed E-state index contributed by atoms with van der Waals surface area (Å²) < 4.78 is 7.33. The van der Waals surface area contributed by atoms with Crippen LogP contribution in [0.5, 0.6) is 5.75 Å². The van der Waals surface area contributed by atoms with Crippen molar-refractivity contribution in [1.29, 1.82) is 0 Å². The average Bonchev–Trinajstić information content (AvgIpc) is 2.83. The van der Waals surface area contributed by atoms with Crippen LogP contribution in [0.4, 0.5) is 0 Å². The first-order valence-electron chi connectivity index (χ1n) is 7.11. The number of aromatic nitrogens is 3. The molecule has 0 saturated carbocycles. The Kier molecular flexibility index (Phi) is 5.11. The summed E-state index contributed by atoms with van der Waals surface area (Å²) in [7, 11) is 0. The van der Waals surface area contributed by atoms with Crippen molar-refractivity contribution in [2.45, 2.75) is 33.4 Å². The Morgan fingerprint density at radius 2 is 2.05 bits per heavy atom. The molecular weight excluding hydrogens is 264 g/mol. The molecule has 1 aromatic carbocycles. The molecule has 2 rings (SSSR count). The molecule has 5 nitrogen and oxygen atoms in total. The van der Waals surface area contributed by atoms with Crippen molar-refractivity contribution in [3.05, 3.63) is 53.4 Å². The smallest absolute Gasteiger partial charge is 0.119 e. The predicted molar refractivity (Wildman–Crippen MR) is 83.1 cm³/mol. The van der Waals surface area contributed by atoms with Crippen LogP contribution in [0.25, 0.3) is 0 Å². The van der Waals surface area contributed by atoms with Gasteiger partial charge in [-0.2, -0.15) is 0 Å². The average molecular weight is 286 g/mol. The van der Waals surface area contributed by atoms with Crippen LogP contribution in [0.15, 0.2) is 36.4 Å². The monoisotopic (exact) mass is 286 g/mol. The molecule has 2 aromatic rings. The summed E-state index contributed by atoms with van der Waals surface area (Å²) in [5.41, 5.74) is 9.86. The summed E-state index contributed by atoms with van der Waals surface area (Å²) in [6.45, 7) is 9.61. The van der Waals surface area contributed by atoms with Crippen LogP contribution in [-0.4, -0.2) is 21.6 Å². The van der Waals surface area contributed by atoms with E-state index in [4.69, 9.17) is 10.5 Å². The zero-order valence-corrected chi connectivity index (χ0v) is 12.7. The van der Waals surface area contributed by atoms with Crippen LogP contribution in [0.3, 0.4) is 0 Å². The van der Waals surface area contributed by atoms with E-state index >= 15 is 0 Å². The van der Waals surface area contributed by atoms with Crippen molar-refractivity contribution in [3.8, 4) is 5.75 Å². The Bertz CT molecular complexity index is 601. The van der Waals surface area contributed by atoms with Crippen LogP contribution in [-0.2, 0) is 19.5 Å². The highest BCUT2D eigenvalue weighted by Crippen LogP contribution is 2.17. The minimum absolute atomic E-state index is 0.391. The maximum absolute atomic E-state index is 5.75. The Hall–Kier alpha value is -2.14. The molecule has 0 atom stereocenters. The zero-order valence-electron chi connectivity index (χ0n) is 12.7. The van der Waals surface area contributed by atoms with Crippen molar-refractivity contribution in [2.24, 2.45) is 5.73 Å². The van der Waals surface area contributed by atoms with E-state index in [2.05, 4.69) is 29.0 Å². The van der Waals surface area contributed by atoms with Gasteiger partial charge in [0.1, 0.15) is 5.75 Å². The Labute approximate surface area is 125 Å². The van der Waals surface area contributed by atoms with Gasteiger partial charge in [-0.05, 0) is 31.5 Å². The molecule has 0 amide bonds. The number of nitrogens with zero attached hydrogens (tertiary/aromatic N) is 3. The summed E-state index contributed by atoms with van der Waals surface area (Å²) in [5.74, 6) is 0.883. The molecule has 0 radical (unpaired) electrons. The summed E-state index contributed by atoms with van der Waals surface area (Å²) in [5, 5.41) is 8.32. The molecule has 2 N–H and O–H groups in total. The SMILES string of the molecule is C=C(C)Cn1nnc(CN)c1Cc1ccc(OCC)cc1. The molecule has 0 spiro atoms. The van der Waals surface area contributed by atoms with Crippen LogP contribution >= 0.6 is 0 Å². The highest BCUT2D eigenvalue weighted by atomic mass is 16.5. The normalized spacial score (nSPS) is 10.6. The molecule has 1 heterocycles. The molecule has 0 unspecified atom stereocenters. The van der Waals surface area contributed by atoms with Crippen LogP contribution < -0.4 is 10.5 Å². The first kappa shape index (κ1) is 15.3. The molecule has 5 heteroatoms. The minimum atomic E-state index is 0.391. The van der Waals surface area contributed by atoms with Gasteiger partial charge in [-0.1, -0.05) is 29.5 Å². The maximum Gasteiger partial charge on any atom is 0.119 e. The third-order valence-electron chi connectivity index (χ3n) is 3.14. The first-order valence-corrected chi connectivity index (χ1v) is 7.11. The van der Waals surface area contributed by atoms with E-state index in [1.165, 1.54) is 5.56 Å². The number of hydrogen-bond acceptors (Lipinski definition) is 4. The van der Waals surface area contributed by atoms with Gasteiger partial charge in [-0.25, -0.2) is 4.68 Å². The van der Waals surface area contributed by atoms with E-state index in [1.807, 2.05) is 30.7 Å². The lowest BCUT2D eigenvalue weighted by Gasteiger charge is -2.09. The molecule has 0 bridgehead atoms. The van der Waals surface area contributed by atoms with Crippen LogP contribution in [0.1, 0.15) is 30.8 Å². The lowest BCUT2D eigenvalue weighted by molar-refractivity contribution is 0.340. The van der Waals surface area contributed by atoms with Crippen LogP contribution in [0.2, 0.25) is 0 Å². The van der Waals surface area contributed by atoms with Gasteiger partial charge in [0.25, 0.3) is 0 Å². The number of benzene rings is 1. The second-order valence-corrected chi connectivity index (χ2v) is 5.06. The second kappa shape index (κ2) is 7.04. The van der Waals surface area contributed by atoms with Crippen molar-refractivity contribution >= 4 is 0 Å². The molecule has 0 aliphatic carbocycles. The van der Waals surface area contributed by atoms with E-state index in [-0.39, 0.29) is 0 Å². The largest absolute Gasteiger partial charge is 0.494 e. The first-order chi connectivity index (χ1) is 10.1. The molecule has 0 saturated heterocycles. The van der Waals surface area contributed by atoms with Gasteiger partial charge in [0.05, 0.1) is 24.5 Å². The van der Waals surface area contributed by atoms with Gasteiger partial charge >= 0.3 is 0 Å². The predicted octanol–water partition coefficient (Wildman–Crippen LogP) is 2.30. The Balaban J connectivity index is 2.21. The Morgan fingerprint density at radius 1 is 1.33 bits per heavy atom. The summed E-state index contributed by atoms with van der Waals surface area (Å²) in [6, 6.07) is 8.08. The molecule has 112 valence electrons. The van der Waals surface area contributed by atoms with Gasteiger partial charge in [-0.15, -0.1) is 5.10 Å². The maximum atomic E-state index is 5.75. The topological polar surface area (TPSA) is 66.0 Å². The van der Waals surface area contributed by atoms with Crippen molar-refractivity contribution in [2.75, 3.05) is 6.61 Å². The molecule has 1 aromatic heterocycles. The Morgan fingerprint density at radius 3 is 2.62 bits per heavy atom. The van der Waals surface area contributed by atoms with E-state index in [0.717, 1.165) is 29.1 Å². The van der Waals surface area contributed by atoms with Crippen molar-refractivity contribution in [1.82, 2.24) is 15.0 Å². The third-order valence-corrected chi connectivity index (χ3v) is 3.14. The highest BCUT2D eigenvalue weighted by Gasteiger charge is 2.12. The molecule has 0 aliphatic rings. The highest BCUT2D eigenvalue weighted by molar-refractivity contribution is 5.30. The van der Waals surface area contributed by atoms with E-state index in [0.29, 0.717) is 19.7 Å². The minimum Gasteiger partial charge on any atom is -0.494 e. The number of ether oxygens (including phenoxy) is 1. The van der Waals surface area contributed by atoms with E-state index in [1.54, 1.807) is 0 Å². The van der Waals surface area contributed by atoms with Gasteiger partial charge in [0, 0.05) is 13.0 Å². The van der Waals surface area contributed by atoms with Crippen molar-refractivity contribution < 1.29 is 4.74 Å². The zero-order chi connectivity index (χ0) is 15.2. The van der Waals surface area contributed by atoms with Crippen molar-refractivity contribution in [3.63, 3.8) is 0 Å². The molecular formula is C16H22N4O. The third kappa shape index (κ3) is 3.92. The fourth-order valence-electron chi connectivity index (χ4n) is 2.17. The summed E-state index contributed by atoms with van der Waals surface area (Å²) in [4.78, 5) is 0. The standard InChI is InChI=1S/C16H22N4O/c1-4-21-14-7-5-13(6-8-14)9-16-15(10-17)18-19-20(16)11-12(2)3/h5-8H,2,4,9-11,17H2,1,3H3. The van der Waals surface area contributed by atoms with E-state index < -0.39 is 0 Å². The molecule has 0 fully saturated rings. The second-order valence-electron chi connectivity index (χ2n) is 5.06. The number of nitrogens with two attached hydrogens (primary N) is 1. The van der Waals surface area contributed by atoms with E-state index in [9.17, 15) is 0 Å². The number of hydrogen-bond donors (Lipinski definition) is 1. The quantitative estimate of drug-likeness (QED) is 0.793. The van der Waals surface area contributed by atoms with Gasteiger partial charge < -0.3 is 10.5 Å². The van der Waals surface area contributed by atoms with Gasteiger partial charge in [0.15, 0.2) is 0 Å². The summed E-state index contributed by atoms with van der Waals surface area (Å²) >= 11 is 0. The van der Waals surface area contributed by atoms with Gasteiger partial charge in [-0.3, -0.25) is 0 Å². The molecule has 21 heavy (non-hydrogen) atoms. The molecule has 0 aliphatic heterocycles. The van der Waals surface area contributed by atoms with Gasteiger partial charge in [0.2, 0.25) is 0 Å². The fraction of sp³-hybridized carbons (Fsp3) is 0.375.